The van der Waals surface area contributed by atoms with E-state index < -0.39 is 0 Å². The molecular weight excluding hydrogens is 423 g/mol. The summed E-state index contributed by atoms with van der Waals surface area (Å²) in [5.41, 5.74) is 2.78. The van der Waals surface area contributed by atoms with Crippen molar-refractivity contribution in [2.24, 2.45) is 0 Å². The number of carbonyl (C=O) groups is 1. The Bertz CT molecular complexity index is 1150. The zero-order valence-corrected chi connectivity index (χ0v) is 18.3. The second-order valence-electron chi connectivity index (χ2n) is 7.24. The topological polar surface area (TPSA) is 59.8 Å². The van der Waals surface area contributed by atoms with Crippen LogP contribution < -0.4 is 5.32 Å². The van der Waals surface area contributed by atoms with E-state index in [1.807, 2.05) is 48.5 Å². The summed E-state index contributed by atoms with van der Waals surface area (Å²) in [5.74, 6) is 1.19. The van der Waals surface area contributed by atoms with Crippen molar-refractivity contribution in [2.75, 3.05) is 11.1 Å². The fourth-order valence-corrected chi connectivity index (χ4v) is 4.19. The van der Waals surface area contributed by atoms with Crippen molar-refractivity contribution in [3.05, 3.63) is 102 Å². The molecule has 0 saturated heterocycles. The number of nitrogens with zero attached hydrogens (tertiary/aromatic N) is 3. The van der Waals surface area contributed by atoms with Crippen LogP contribution in [-0.4, -0.2) is 26.4 Å². The van der Waals surface area contributed by atoms with E-state index in [0.29, 0.717) is 24.9 Å². The van der Waals surface area contributed by atoms with Gasteiger partial charge in [0.2, 0.25) is 5.91 Å². The third-order valence-corrected chi connectivity index (χ3v) is 5.84. The van der Waals surface area contributed by atoms with E-state index in [4.69, 9.17) is 0 Å². The molecule has 162 valence electrons. The molecule has 0 atom stereocenters. The first-order valence-corrected chi connectivity index (χ1v) is 11.4. The molecule has 4 rings (SSSR count). The van der Waals surface area contributed by atoms with Crippen LogP contribution >= 0.6 is 11.8 Å². The van der Waals surface area contributed by atoms with Gasteiger partial charge in [0.15, 0.2) is 5.16 Å². The van der Waals surface area contributed by atoms with Gasteiger partial charge in [-0.25, -0.2) is 4.39 Å². The smallest absolute Gasteiger partial charge is 0.224 e. The number of halogens is 1. The van der Waals surface area contributed by atoms with Crippen LogP contribution in [0.2, 0.25) is 0 Å². The van der Waals surface area contributed by atoms with Gasteiger partial charge < -0.3 is 5.32 Å². The van der Waals surface area contributed by atoms with Crippen molar-refractivity contribution < 1.29 is 9.18 Å². The molecule has 0 aliphatic carbocycles. The van der Waals surface area contributed by atoms with Crippen LogP contribution in [0.4, 0.5) is 10.1 Å². The number of anilines is 1. The lowest BCUT2D eigenvalue weighted by atomic mass is 10.1. The lowest BCUT2D eigenvalue weighted by Gasteiger charge is -2.10. The van der Waals surface area contributed by atoms with Gasteiger partial charge in [0.25, 0.3) is 0 Å². The molecule has 0 aliphatic heterocycles. The van der Waals surface area contributed by atoms with E-state index in [0.717, 1.165) is 22.4 Å². The Morgan fingerprint density at radius 2 is 1.59 bits per heavy atom. The van der Waals surface area contributed by atoms with Crippen LogP contribution in [0.25, 0.3) is 5.69 Å². The highest BCUT2D eigenvalue weighted by Crippen LogP contribution is 2.24. The van der Waals surface area contributed by atoms with E-state index in [-0.39, 0.29) is 11.7 Å². The largest absolute Gasteiger partial charge is 0.326 e. The average Bonchev–Trinajstić information content (AvgIpc) is 3.21. The van der Waals surface area contributed by atoms with Crippen molar-refractivity contribution in [1.82, 2.24) is 14.8 Å². The summed E-state index contributed by atoms with van der Waals surface area (Å²) in [6.45, 7) is 0. The maximum atomic E-state index is 13.0. The third-order valence-electron chi connectivity index (χ3n) is 4.83. The molecule has 0 saturated carbocycles. The number of thioether (sulfide) groups is 1. The fourth-order valence-electron chi connectivity index (χ4n) is 3.28. The van der Waals surface area contributed by atoms with Crippen molar-refractivity contribution in [3.63, 3.8) is 0 Å². The van der Waals surface area contributed by atoms with Crippen LogP contribution in [0.1, 0.15) is 24.2 Å². The number of nitrogens with one attached hydrogen (secondary N) is 1. The summed E-state index contributed by atoms with van der Waals surface area (Å²) in [4.78, 5) is 12.2. The summed E-state index contributed by atoms with van der Waals surface area (Å²) in [5, 5.41) is 12.5. The summed E-state index contributed by atoms with van der Waals surface area (Å²) in [6.07, 6.45) is 1.75. The van der Waals surface area contributed by atoms with Crippen molar-refractivity contribution in [3.8, 4) is 5.69 Å². The standard InChI is InChI=1S/C25H23FN4OS/c26-20-13-15-21(16-14-20)27-24(31)12-7-17-32-25-29-28-23(18-19-8-3-1-4-9-19)30(25)22-10-5-2-6-11-22/h1-6,8-11,13-16H,7,12,17-18H2,(H,27,31). The van der Waals surface area contributed by atoms with Crippen LogP contribution in [0.3, 0.4) is 0 Å². The number of amides is 1. The van der Waals surface area contributed by atoms with E-state index in [9.17, 15) is 9.18 Å². The van der Waals surface area contributed by atoms with Gasteiger partial charge in [0.1, 0.15) is 11.6 Å². The molecule has 3 aromatic carbocycles. The Balaban J connectivity index is 1.38. The predicted octanol–water partition coefficient (Wildman–Crippen LogP) is 5.51. The Kier molecular flexibility index (Phi) is 7.30. The van der Waals surface area contributed by atoms with Gasteiger partial charge in [-0.1, -0.05) is 60.3 Å². The van der Waals surface area contributed by atoms with E-state index in [2.05, 4.69) is 32.2 Å². The molecule has 4 aromatic rings. The fraction of sp³-hybridized carbons (Fsp3) is 0.160. The first-order chi connectivity index (χ1) is 15.7. The van der Waals surface area contributed by atoms with E-state index in [1.54, 1.807) is 23.9 Å². The molecule has 1 amide bonds. The summed E-state index contributed by atoms with van der Waals surface area (Å²) in [6, 6.07) is 26.0. The van der Waals surface area contributed by atoms with Gasteiger partial charge in [-0.2, -0.15) is 0 Å². The van der Waals surface area contributed by atoms with Crippen LogP contribution in [0, 0.1) is 5.82 Å². The maximum absolute atomic E-state index is 13.0. The molecule has 0 spiro atoms. The second-order valence-corrected chi connectivity index (χ2v) is 8.30. The summed E-state index contributed by atoms with van der Waals surface area (Å²) in [7, 11) is 0. The Morgan fingerprint density at radius 3 is 2.31 bits per heavy atom. The zero-order valence-electron chi connectivity index (χ0n) is 17.4. The molecule has 0 bridgehead atoms. The van der Waals surface area contributed by atoms with Gasteiger partial charge >= 0.3 is 0 Å². The molecule has 0 aliphatic rings. The minimum Gasteiger partial charge on any atom is -0.326 e. The van der Waals surface area contributed by atoms with Crippen LogP contribution in [0.15, 0.2) is 90.1 Å². The normalized spacial score (nSPS) is 10.8. The minimum absolute atomic E-state index is 0.0912. The number of para-hydroxylation sites is 1. The Hall–Kier alpha value is -3.45. The maximum Gasteiger partial charge on any atom is 0.224 e. The molecule has 0 radical (unpaired) electrons. The van der Waals surface area contributed by atoms with Crippen molar-refractivity contribution in [1.29, 1.82) is 0 Å². The van der Waals surface area contributed by atoms with Crippen LogP contribution in [-0.2, 0) is 11.2 Å². The van der Waals surface area contributed by atoms with Gasteiger partial charge in [0.05, 0.1) is 0 Å². The second kappa shape index (κ2) is 10.7. The third kappa shape index (κ3) is 5.82. The predicted molar refractivity (Wildman–Crippen MR) is 126 cm³/mol. The van der Waals surface area contributed by atoms with E-state index in [1.165, 1.54) is 17.7 Å². The highest BCUT2D eigenvalue weighted by atomic mass is 32.2. The Labute approximate surface area is 190 Å². The SMILES string of the molecule is O=C(CCCSc1nnc(Cc2ccccc2)n1-c1ccccc1)Nc1ccc(F)cc1. The van der Waals surface area contributed by atoms with Gasteiger partial charge in [-0.05, 0) is 48.4 Å². The highest BCUT2D eigenvalue weighted by Gasteiger charge is 2.15. The van der Waals surface area contributed by atoms with E-state index >= 15 is 0 Å². The quantitative estimate of drug-likeness (QED) is 0.272. The number of hydrogen-bond donors (Lipinski definition) is 1. The monoisotopic (exact) mass is 446 g/mol. The summed E-state index contributed by atoms with van der Waals surface area (Å²) >= 11 is 1.58. The number of rotatable bonds is 9. The lowest BCUT2D eigenvalue weighted by Crippen LogP contribution is -2.11. The molecule has 5 nitrogen and oxygen atoms in total. The van der Waals surface area contributed by atoms with Gasteiger partial charge in [-0.3, -0.25) is 9.36 Å². The lowest BCUT2D eigenvalue weighted by molar-refractivity contribution is -0.116. The molecule has 0 unspecified atom stereocenters. The first kappa shape index (κ1) is 21.8. The highest BCUT2D eigenvalue weighted by molar-refractivity contribution is 7.99. The molecule has 1 aromatic heterocycles. The summed E-state index contributed by atoms with van der Waals surface area (Å²) < 4.78 is 15.1. The van der Waals surface area contributed by atoms with Gasteiger partial charge in [0, 0.05) is 30.0 Å². The molecule has 0 fully saturated rings. The molecule has 1 heterocycles. The number of benzene rings is 3. The van der Waals surface area contributed by atoms with Gasteiger partial charge in [-0.15, -0.1) is 10.2 Å². The molecule has 7 heteroatoms. The first-order valence-electron chi connectivity index (χ1n) is 10.4. The zero-order chi connectivity index (χ0) is 22.2. The van der Waals surface area contributed by atoms with Crippen LogP contribution in [0.5, 0.6) is 0 Å². The van der Waals surface area contributed by atoms with Crippen molar-refractivity contribution in [2.45, 2.75) is 24.4 Å². The number of hydrogen-bond acceptors (Lipinski definition) is 4. The molecular formula is C25H23FN4OS. The van der Waals surface area contributed by atoms with Crippen molar-refractivity contribution >= 4 is 23.4 Å². The minimum atomic E-state index is -0.325. The molecule has 1 N–H and O–H groups in total. The Morgan fingerprint density at radius 1 is 0.906 bits per heavy atom. The average molecular weight is 447 g/mol. The number of carbonyl (C=O) groups excluding carboxylic acids is 1. The number of aromatic nitrogens is 3. The molecule has 32 heavy (non-hydrogen) atoms.